The van der Waals surface area contributed by atoms with Crippen LogP contribution < -0.4 is 0 Å². The van der Waals surface area contributed by atoms with Crippen molar-refractivity contribution in [2.75, 3.05) is 13.7 Å². The zero-order valence-corrected chi connectivity index (χ0v) is 14.1. The van der Waals surface area contributed by atoms with Crippen molar-refractivity contribution >= 4 is 29.2 Å². The summed E-state index contributed by atoms with van der Waals surface area (Å²) in [5.41, 5.74) is 0.202. The highest BCUT2D eigenvalue weighted by molar-refractivity contribution is 6.31. The first kappa shape index (κ1) is 18.4. The molecule has 7 nitrogen and oxygen atoms in total. The van der Waals surface area contributed by atoms with Gasteiger partial charge in [0.1, 0.15) is 5.56 Å². The van der Waals surface area contributed by atoms with Gasteiger partial charge in [0.25, 0.3) is 11.6 Å². The van der Waals surface area contributed by atoms with Crippen LogP contribution in [0, 0.1) is 10.1 Å². The molecule has 2 aromatic rings. The normalized spacial score (nSPS) is 10.2. The van der Waals surface area contributed by atoms with E-state index >= 15 is 0 Å². The number of halogens is 1. The Kier molecular flexibility index (Phi) is 6.08. The molecule has 0 bridgehead atoms. The molecule has 0 N–H and O–H groups in total. The molecule has 0 aliphatic carbocycles. The molecule has 0 heterocycles. The van der Waals surface area contributed by atoms with Gasteiger partial charge in [-0.15, -0.1) is 0 Å². The standard InChI is InChI=1S/C17H15ClN2O5/c1-19(10-12-5-3-2-4-6-12)16(21)11-25-17(22)14-8-7-13(18)9-15(14)20(23)24/h2-9H,10-11H2,1H3. The topological polar surface area (TPSA) is 89.8 Å². The molecule has 8 heteroatoms. The molecule has 0 aliphatic rings. The van der Waals surface area contributed by atoms with Gasteiger partial charge in [0.05, 0.1) is 4.92 Å². The van der Waals surface area contributed by atoms with Crippen LogP contribution in [0.1, 0.15) is 15.9 Å². The molecule has 2 rings (SSSR count). The third-order valence-electron chi connectivity index (χ3n) is 3.39. The average Bonchev–Trinajstić information content (AvgIpc) is 2.60. The van der Waals surface area contributed by atoms with Gasteiger partial charge < -0.3 is 9.64 Å². The molecule has 25 heavy (non-hydrogen) atoms. The largest absolute Gasteiger partial charge is 0.452 e. The Labute approximate surface area is 148 Å². The average molecular weight is 363 g/mol. The minimum absolute atomic E-state index is 0.127. The number of hydrogen-bond acceptors (Lipinski definition) is 5. The van der Waals surface area contributed by atoms with E-state index in [1.165, 1.54) is 17.0 Å². The lowest BCUT2D eigenvalue weighted by atomic mass is 10.2. The maximum atomic E-state index is 12.0. The van der Waals surface area contributed by atoms with E-state index in [9.17, 15) is 19.7 Å². The number of esters is 1. The second-order valence-electron chi connectivity index (χ2n) is 5.23. The van der Waals surface area contributed by atoms with Crippen molar-refractivity contribution in [2.45, 2.75) is 6.54 Å². The van der Waals surface area contributed by atoms with Gasteiger partial charge in [-0.2, -0.15) is 0 Å². The van der Waals surface area contributed by atoms with Crippen molar-refractivity contribution in [3.8, 4) is 0 Å². The van der Waals surface area contributed by atoms with Gasteiger partial charge in [-0.1, -0.05) is 41.9 Å². The zero-order valence-electron chi connectivity index (χ0n) is 13.3. The zero-order chi connectivity index (χ0) is 18.4. The van der Waals surface area contributed by atoms with Gasteiger partial charge in [0.15, 0.2) is 6.61 Å². The summed E-state index contributed by atoms with van der Waals surface area (Å²) in [5, 5.41) is 11.1. The van der Waals surface area contributed by atoms with Crippen LogP contribution in [0.15, 0.2) is 48.5 Å². The van der Waals surface area contributed by atoms with E-state index in [-0.39, 0.29) is 10.6 Å². The Hall–Kier alpha value is -2.93. The summed E-state index contributed by atoms with van der Waals surface area (Å²) in [6, 6.07) is 12.9. The van der Waals surface area contributed by atoms with E-state index in [1.807, 2.05) is 30.3 Å². The van der Waals surface area contributed by atoms with Crippen LogP contribution in [0.4, 0.5) is 5.69 Å². The van der Waals surface area contributed by atoms with Crippen LogP contribution >= 0.6 is 11.6 Å². The molecule has 130 valence electrons. The van der Waals surface area contributed by atoms with E-state index in [0.717, 1.165) is 11.6 Å². The molecule has 2 aromatic carbocycles. The Morgan fingerprint density at radius 2 is 1.88 bits per heavy atom. The summed E-state index contributed by atoms with van der Waals surface area (Å²) in [6.45, 7) is -0.153. The Bertz CT molecular complexity index is 795. The third-order valence-corrected chi connectivity index (χ3v) is 3.63. The number of ether oxygens (including phenoxy) is 1. The van der Waals surface area contributed by atoms with E-state index < -0.39 is 29.1 Å². The minimum atomic E-state index is -0.954. The maximum Gasteiger partial charge on any atom is 0.345 e. The summed E-state index contributed by atoms with van der Waals surface area (Å²) in [7, 11) is 1.58. The smallest absolute Gasteiger partial charge is 0.345 e. The number of benzene rings is 2. The fourth-order valence-corrected chi connectivity index (χ4v) is 2.26. The molecule has 0 fully saturated rings. The van der Waals surface area contributed by atoms with Gasteiger partial charge in [-0.05, 0) is 17.7 Å². The third kappa shape index (κ3) is 5.02. The summed E-state index contributed by atoms with van der Waals surface area (Å²) >= 11 is 5.69. The first-order chi connectivity index (χ1) is 11.9. The first-order valence-corrected chi connectivity index (χ1v) is 7.65. The van der Waals surface area contributed by atoms with Crippen LogP contribution in [0.3, 0.4) is 0 Å². The monoisotopic (exact) mass is 362 g/mol. The van der Waals surface area contributed by atoms with Gasteiger partial charge in [-0.3, -0.25) is 14.9 Å². The summed E-state index contributed by atoms with van der Waals surface area (Å²) in [5.74, 6) is -1.38. The highest BCUT2D eigenvalue weighted by Gasteiger charge is 2.23. The van der Waals surface area contributed by atoms with Crippen molar-refractivity contribution in [1.82, 2.24) is 4.90 Å². The lowest BCUT2D eigenvalue weighted by molar-refractivity contribution is -0.385. The van der Waals surface area contributed by atoms with Gasteiger partial charge in [-0.25, -0.2) is 4.79 Å². The molecule has 0 spiro atoms. The number of nitro groups is 1. The summed E-state index contributed by atoms with van der Waals surface area (Å²) in [4.78, 5) is 35.7. The van der Waals surface area contributed by atoms with Crippen LogP contribution in [0.5, 0.6) is 0 Å². The lowest BCUT2D eigenvalue weighted by Gasteiger charge is -2.17. The maximum absolute atomic E-state index is 12.0. The number of nitro benzene ring substituents is 1. The predicted molar refractivity (Wildman–Crippen MR) is 91.3 cm³/mol. The number of rotatable bonds is 6. The molecule has 0 radical (unpaired) electrons. The minimum Gasteiger partial charge on any atom is -0.452 e. The van der Waals surface area contributed by atoms with E-state index in [0.29, 0.717) is 6.54 Å². The van der Waals surface area contributed by atoms with E-state index in [4.69, 9.17) is 16.3 Å². The number of amides is 1. The van der Waals surface area contributed by atoms with Crippen LogP contribution in [-0.4, -0.2) is 35.4 Å². The lowest BCUT2D eigenvalue weighted by Crippen LogP contribution is -2.30. The second-order valence-corrected chi connectivity index (χ2v) is 5.67. The Morgan fingerprint density at radius 3 is 2.52 bits per heavy atom. The Balaban J connectivity index is 1.98. The molecular weight excluding hydrogens is 348 g/mol. The molecule has 0 aliphatic heterocycles. The Morgan fingerprint density at radius 1 is 1.20 bits per heavy atom. The van der Waals surface area contributed by atoms with Gasteiger partial charge >= 0.3 is 5.97 Å². The number of nitrogens with zero attached hydrogens (tertiary/aromatic N) is 2. The summed E-state index contributed by atoms with van der Waals surface area (Å²) < 4.78 is 4.90. The highest BCUT2D eigenvalue weighted by Crippen LogP contribution is 2.23. The second kappa shape index (κ2) is 8.25. The van der Waals surface area contributed by atoms with Crippen LogP contribution in [-0.2, 0) is 16.1 Å². The molecule has 1 amide bonds. The first-order valence-electron chi connectivity index (χ1n) is 7.27. The van der Waals surface area contributed by atoms with E-state index in [1.54, 1.807) is 7.05 Å². The SMILES string of the molecule is CN(Cc1ccccc1)C(=O)COC(=O)c1ccc(Cl)cc1[N+](=O)[O-]. The molecule has 0 unspecified atom stereocenters. The highest BCUT2D eigenvalue weighted by atomic mass is 35.5. The van der Waals surface area contributed by atoms with Crippen LogP contribution in [0.25, 0.3) is 0 Å². The molecule has 0 aromatic heterocycles. The summed E-state index contributed by atoms with van der Waals surface area (Å²) in [6.07, 6.45) is 0. The number of likely N-dealkylation sites (N-methyl/N-ethyl adjacent to an activating group) is 1. The fourth-order valence-electron chi connectivity index (χ4n) is 2.09. The molecule has 0 atom stereocenters. The predicted octanol–water partition coefficient (Wildman–Crippen LogP) is 3.06. The fraction of sp³-hybridized carbons (Fsp3) is 0.176. The van der Waals surface area contributed by atoms with Crippen molar-refractivity contribution in [3.63, 3.8) is 0 Å². The molecular formula is C17H15ClN2O5. The number of carbonyl (C=O) groups is 2. The van der Waals surface area contributed by atoms with E-state index in [2.05, 4.69) is 0 Å². The quantitative estimate of drug-likeness (QED) is 0.447. The van der Waals surface area contributed by atoms with Crippen molar-refractivity contribution in [3.05, 3.63) is 74.8 Å². The van der Waals surface area contributed by atoms with Gasteiger partial charge in [0.2, 0.25) is 0 Å². The van der Waals surface area contributed by atoms with Crippen LogP contribution in [0.2, 0.25) is 5.02 Å². The van der Waals surface area contributed by atoms with Gasteiger partial charge in [0, 0.05) is 24.7 Å². The number of carbonyl (C=O) groups excluding carboxylic acids is 2. The van der Waals surface area contributed by atoms with Crippen molar-refractivity contribution < 1.29 is 19.2 Å². The van der Waals surface area contributed by atoms with Crippen molar-refractivity contribution in [1.29, 1.82) is 0 Å². The molecule has 0 saturated heterocycles. The molecule has 0 saturated carbocycles. The van der Waals surface area contributed by atoms with Crippen molar-refractivity contribution in [2.24, 2.45) is 0 Å². The number of hydrogen-bond donors (Lipinski definition) is 0.